The molecular formula is C18H16O. The van der Waals surface area contributed by atoms with Gasteiger partial charge < -0.3 is 4.74 Å². The summed E-state index contributed by atoms with van der Waals surface area (Å²) in [5.41, 5.74) is 5.76. The molecule has 0 amide bonds. The van der Waals surface area contributed by atoms with Crippen LogP contribution in [0.5, 0.6) is 0 Å². The van der Waals surface area contributed by atoms with Gasteiger partial charge in [0.25, 0.3) is 0 Å². The van der Waals surface area contributed by atoms with Gasteiger partial charge in [0.2, 0.25) is 0 Å². The van der Waals surface area contributed by atoms with Gasteiger partial charge in [0, 0.05) is 6.42 Å². The van der Waals surface area contributed by atoms with Gasteiger partial charge in [0.15, 0.2) is 0 Å². The number of epoxide rings is 1. The van der Waals surface area contributed by atoms with Crippen molar-refractivity contribution in [2.45, 2.75) is 25.0 Å². The molecule has 0 aromatic heterocycles. The van der Waals surface area contributed by atoms with E-state index in [1.807, 2.05) is 0 Å². The second-order valence-corrected chi connectivity index (χ2v) is 5.30. The van der Waals surface area contributed by atoms with Crippen molar-refractivity contribution in [3.63, 3.8) is 0 Å². The van der Waals surface area contributed by atoms with E-state index in [1.165, 1.54) is 22.3 Å². The maximum Gasteiger partial charge on any atom is 0.110 e. The van der Waals surface area contributed by atoms with Crippen LogP contribution in [0.15, 0.2) is 54.6 Å². The Morgan fingerprint density at radius 2 is 1.68 bits per heavy atom. The normalized spacial score (nSPS) is 24.0. The van der Waals surface area contributed by atoms with Crippen LogP contribution in [-0.4, -0.2) is 6.10 Å². The monoisotopic (exact) mass is 248 g/mol. The first kappa shape index (κ1) is 11.0. The highest BCUT2D eigenvalue weighted by Gasteiger charge is 2.46. The minimum absolute atomic E-state index is 0.469. The van der Waals surface area contributed by atoms with E-state index >= 15 is 0 Å². The van der Waals surface area contributed by atoms with E-state index in [0.717, 1.165) is 12.8 Å². The number of fused-ring (bicyclic) bond motifs is 4. The minimum atomic E-state index is 0.469. The third kappa shape index (κ3) is 2.00. The number of ether oxygens (including phenoxy) is 1. The third-order valence-electron chi connectivity index (χ3n) is 4.06. The number of benzene rings is 2. The second kappa shape index (κ2) is 4.36. The summed E-state index contributed by atoms with van der Waals surface area (Å²) in [4.78, 5) is 0. The lowest BCUT2D eigenvalue weighted by Gasteiger charge is -1.98. The smallest absolute Gasteiger partial charge is 0.110 e. The van der Waals surface area contributed by atoms with Gasteiger partial charge in [-0.1, -0.05) is 60.7 Å². The first-order valence-electron chi connectivity index (χ1n) is 6.89. The standard InChI is InChI=1S/C9H8O.C9H8/c1-2-4-7-6(3-1)5-8-9(7)10-8;1-2-5-9-7-3-6-8(9)4-1/h1-4,8-9H,5H2;1-6H,7H2. The predicted octanol–water partition coefficient (Wildman–Crippen LogP) is 3.94. The van der Waals surface area contributed by atoms with Crippen LogP contribution >= 0.6 is 0 Å². The summed E-state index contributed by atoms with van der Waals surface area (Å²) >= 11 is 0. The Labute approximate surface area is 113 Å². The highest BCUT2D eigenvalue weighted by Crippen LogP contribution is 2.48. The molecule has 94 valence electrons. The molecule has 1 fully saturated rings. The minimum Gasteiger partial charge on any atom is -0.364 e. The third-order valence-corrected chi connectivity index (χ3v) is 4.06. The molecule has 2 aromatic rings. The van der Waals surface area contributed by atoms with E-state index < -0.39 is 0 Å². The molecule has 2 atom stereocenters. The second-order valence-electron chi connectivity index (χ2n) is 5.30. The summed E-state index contributed by atoms with van der Waals surface area (Å²) in [6, 6.07) is 17.1. The molecule has 1 nitrogen and oxygen atoms in total. The Morgan fingerprint density at radius 3 is 2.53 bits per heavy atom. The number of hydrogen-bond donors (Lipinski definition) is 0. The molecule has 0 spiro atoms. The van der Waals surface area contributed by atoms with E-state index in [2.05, 4.69) is 60.7 Å². The Hall–Kier alpha value is -1.86. The van der Waals surface area contributed by atoms with Crippen LogP contribution in [0.2, 0.25) is 0 Å². The molecule has 5 rings (SSSR count). The van der Waals surface area contributed by atoms with Crippen molar-refractivity contribution < 1.29 is 4.74 Å². The summed E-state index contributed by atoms with van der Waals surface area (Å²) in [6.07, 6.45) is 7.64. The number of allylic oxidation sites excluding steroid dienone is 1. The van der Waals surface area contributed by atoms with Crippen LogP contribution in [0, 0.1) is 0 Å². The van der Waals surface area contributed by atoms with Gasteiger partial charge in [-0.25, -0.2) is 0 Å². The van der Waals surface area contributed by atoms with Crippen LogP contribution in [0.1, 0.15) is 28.4 Å². The first-order chi connectivity index (χ1) is 9.42. The summed E-state index contributed by atoms with van der Waals surface area (Å²) < 4.78 is 5.38. The maximum absolute atomic E-state index is 5.38. The van der Waals surface area contributed by atoms with Crippen LogP contribution in [0.4, 0.5) is 0 Å². The molecule has 1 saturated heterocycles. The summed E-state index contributed by atoms with van der Waals surface area (Å²) in [6.45, 7) is 0. The van der Waals surface area contributed by atoms with Gasteiger partial charge in [-0.05, 0) is 28.7 Å². The van der Waals surface area contributed by atoms with Crippen molar-refractivity contribution >= 4 is 6.08 Å². The predicted molar refractivity (Wildman–Crippen MR) is 76.9 cm³/mol. The molecule has 1 heteroatoms. The van der Waals surface area contributed by atoms with Crippen LogP contribution < -0.4 is 0 Å². The van der Waals surface area contributed by atoms with Crippen molar-refractivity contribution in [2.24, 2.45) is 0 Å². The van der Waals surface area contributed by atoms with E-state index in [1.54, 1.807) is 0 Å². The van der Waals surface area contributed by atoms with Gasteiger partial charge in [-0.15, -0.1) is 0 Å². The molecule has 1 aliphatic heterocycles. The van der Waals surface area contributed by atoms with E-state index in [9.17, 15) is 0 Å². The molecule has 2 aliphatic carbocycles. The van der Waals surface area contributed by atoms with Gasteiger partial charge in [0.1, 0.15) is 6.10 Å². The number of rotatable bonds is 0. The fraction of sp³-hybridized carbons (Fsp3) is 0.222. The van der Waals surface area contributed by atoms with Crippen molar-refractivity contribution in [3.8, 4) is 0 Å². The van der Waals surface area contributed by atoms with Crippen LogP contribution in [0.3, 0.4) is 0 Å². The molecular weight excluding hydrogens is 232 g/mol. The molecule has 2 aromatic carbocycles. The molecule has 0 radical (unpaired) electrons. The lowest BCUT2D eigenvalue weighted by molar-refractivity contribution is 0.361. The topological polar surface area (TPSA) is 12.5 Å². The lowest BCUT2D eigenvalue weighted by Crippen LogP contribution is -1.86. The van der Waals surface area contributed by atoms with E-state index in [0.29, 0.717) is 12.2 Å². The molecule has 0 saturated carbocycles. The lowest BCUT2D eigenvalue weighted by atomic mass is 10.1. The largest absolute Gasteiger partial charge is 0.364 e. The quantitative estimate of drug-likeness (QED) is 0.643. The Kier molecular flexibility index (Phi) is 2.52. The SMILES string of the molecule is C1=Cc2ccccc2C1.c1ccc2c(c1)CC1OC21. The molecule has 2 unspecified atom stereocenters. The van der Waals surface area contributed by atoms with E-state index in [4.69, 9.17) is 4.74 Å². The summed E-state index contributed by atoms with van der Waals surface area (Å²) in [7, 11) is 0. The van der Waals surface area contributed by atoms with Crippen molar-refractivity contribution in [2.75, 3.05) is 0 Å². The first-order valence-corrected chi connectivity index (χ1v) is 6.89. The van der Waals surface area contributed by atoms with E-state index in [-0.39, 0.29) is 0 Å². The average Bonchev–Trinajstić information content (AvgIpc) is 2.93. The van der Waals surface area contributed by atoms with Crippen LogP contribution in [0.25, 0.3) is 6.08 Å². The molecule has 0 N–H and O–H groups in total. The van der Waals surface area contributed by atoms with Gasteiger partial charge >= 0.3 is 0 Å². The van der Waals surface area contributed by atoms with Gasteiger partial charge in [-0.2, -0.15) is 0 Å². The Morgan fingerprint density at radius 1 is 0.895 bits per heavy atom. The highest BCUT2D eigenvalue weighted by molar-refractivity contribution is 5.59. The van der Waals surface area contributed by atoms with Gasteiger partial charge in [0.05, 0.1) is 6.10 Å². The molecule has 19 heavy (non-hydrogen) atoms. The van der Waals surface area contributed by atoms with Gasteiger partial charge in [-0.3, -0.25) is 0 Å². The number of hydrogen-bond acceptors (Lipinski definition) is 1. The highest BCUT2D eigenvalue weighted by atomic mass is 16.6. The summed E-state index contributed by atoms with van der Waals surface area (Å²) in [5.74, 6) is 0. The van der Waals surface area contributed by atoms with Crippen LogP contribution in [-0.2, 0) is 17.6 Å². The average molecular weight is 248 g/mol. The fourth-order valence-corrected chi connectivity index (χ4v) is 2.98. The maximum atomic E-state index is 5.38. The van der Waals surface area contributed by atoms with Crippen molar-refractivity contribution in [1.29, 1.82) is 0 Å². The zero-order valence-corrected chi connectivity index (χ0v) is 10.8. The zero-order chi connectivity index (χ0) is 12.7. The van der Waals surface area contributed by atoms with Crippen molar-refractivity contribution in [3.05, 3.63) is 76.9 Å². The Bertz CT molecular complexity index is 642. The zero-order valence-electron chi connectivity index (χ0n) is 10.8. The summed E-state index contributed by atoms with van der Waals surface area (Å²) in [5, 5.41) is 0. The fourth-order valence-electron chi connectivity index (χ4n) is 2.98. The molecule has 1 heterocycles. The molecule has 0 bridgehead atoms. The molecule has 3 aliphatic rings. The van der Waals surface area contributed by atoms with Crippen molar-refractivity contribution in [1.82, 2.24) is 0 Å². The Balaban J connectivity index is 0.000000103.